The van der Waals surface area contributed by atoms with Crippen molar-refractivity contribution in [2.75, 3.05) is 0 Å². The number of H-pyrrole nitrogens is 1. The van der Waals surface area contributed by atoms with Crippen LogP contribution in [0.25, 0.3) is 15.7 Å². The number of fused-ring (bicyclic) bond motifs is 2. The molecule has 0 radical (unpaired) electrons. The lowest BCUT2D eigenvalue weighted by molar-refractivity contribution is 0.119. The van der Waals surface area contributed by atoms with E-state index in [0.29, 0.717) is 11.8 Å². The summed E-state index contributed by atoms with van der Waals surface area (Å²) in [7, 11) is 0. The van der Waals surface area contributed by atoms with E-state index in [1.807, 2.05) is 6.08 Å². The van der Waals surface area contributed by atoms with E-state index in [9.17, 15) is 0 Å². The van der Waals surface area contributed by atoms with Gasteiger partial charge in [-0.3, -0.25) is 0 Å². The van der Waals surface area contributed by atoms with E-state index in [4.69, 9.17) is 6.57 Å². The lowest BCUT2D eigenvalue weighted by Gasteiger charge is -2.50. The van der Waals surface area contributed by atoms with E-state index in [1.54, 1.807) is 0 Å². The zero-order valence-corrected chi connectivity index (χ0v) is 14.2. The zero-order valence-electron chi connectivity index (χ0n) is 14.2. The van der Waals surface area contributed by atoms with Gasteiger partial charge in [0.25, 0.3) is 0 Å². The monoisotopic (exact) mass is 304 g/mol. The van der Waals surface area contributed by atoms with E-state index >= 15 is 0 Å². The topological polar surface area (TPSA) is 20.1 Å². The van der Waals surface area contributed by atoms with Crippen LogP contribution in [0.5, 0.6) is 0 Å². The molecule has 1 saturated carbocycles. The first kappa shape index (κ1) is 14.6. The van der Waals surface area contributed by atoms with Gasteiger partial charge in [0.1, 0.15) is 0 Å². The van der Waals surface area contributed by atoms with Gasteiger partial charge in [0, 0.05) is 17.1 Å². The predicted molar refractivity (Wildman–Crippen MR) is 95.5 cm³/mol. The smallest absolute Gasteiger partial charge is 0.239 e. The third-order valence-electron chi connectivity index (χ3n) is 6.77. The minimum absolute atomic E-state index is 0.0228. The van der Waals surface area contributed by atoms with Crippen molar-refractivity contribution in [3.8, 4) is 0 Å². The predicted octanol–water partition coefficient (Wildman–Crippen LogP) is 5.43. The molecule has 2 aliphatic carbocycles. The fourth-order valence-electron chi connectivity index (χ4n) is 5.28. The van der Waals surface area contributed by atoms with Gasteiger partial charge in [-0.1, -0.05) is 32.1 Å². The molecule has 0 bridgehead atoms. The van der Waals surface area contributed by atoms with Crippen LogP contribution >= 0.6 is 0 Å². The van der Waals surface area contributed by atoms with Gasteiger partial charge in [-0.15, -0.1) is 6.58 Å². The van der Waals surface area contributed by atoms with Gasteiger partial charge in [-0.25, -0.2) is 6.57 Å². The molecule has 1 aromatic carbocycles. The van der Waals surface area contributed by atoms with Crippen LogP contribution in [-0.2, 0) is 5.41 Å². The minimum atomic E-state index is -0.0884. The normalized spacial score (nSPS) is 34.6. The van der Waals surface area contributed by atoms with Crippen LogP contribution in [0.2, 0.25) is 0 Å². The molecule has 1 N–H and O–H groups in total. The molecule has 118 valence electrons. The Kier molecular flexibility index (Phi) is 2.86. The Balaban J connectivity index is 2.02. The Morgan fingerprint density at radius 3 is 2.83 bits per heavy atom. The first-order valence-corrected chi connectivity index (χ1v) is 8.54. The highest BCUT2D eigenvalue weighted by Gasteiger charge is 2.57. The van der Waals surface area contributed by atoms with Crippen LogP contribution in [0, 0.1) is 17.9 Å². The number of rotatable bonds is 1. The quantitative estimate of drug-likeness (QED) is 0.535. The van der Waals surface area contributed by atoms with Crippen molar-refractivity contribution < 1.29 is 0 Å². The average molecular weight is 304 g/mol. The van der Waals surface area contributed by atoms with Crippen LogP contribution in [0.4, 0.5) is 0 Å². The van der Waals surface area contributed by atoms with Gasteiger partial charge >= 0.3 is 0 Å². The second-order valence-corrected chi connectivity index (χ2v) is 8.15. The lowest BCUT2D eigenvalue weighted by Crippen LogP contribution is -2.49. The van der Waals surface area contributed by atoms with Crippen molar-refractivity contribution in [1.82, 2.24) is 4.98 Å². The molecule has 2 heteroatoms. The highest BCUT2D eigenvalue weighted by molar-refractivity contribution is 5.89. The summed E-state index contributed by atoms with van der Waals surface area (Å²) in [6.45, 7) is 18.9. The zero-order chi connectivity index (χ0) is 16.4. The number of aromatic amines is 1. The summed E-state index contributed by atoms with van der Waals surface area (Å²) in [5.74, 6) is 0.812. The van der Waals surface area contributed by atoms with Crippen molar-refractivity contribution in [3.63, 3.8) is 0 Å². The number of hydrogen-bond acceptors (Lipinski definition) is 0. The van der Waals surface area contributed by atoms with E-state index in [0.717, 1.165) is 12.8 Å². The van der Waals surface area contributed by atoms with Crippen LogP contribution < -0.4 is 0 Å². The van der Waals surface area contributed by atoms with Crippen molar-refractivity contribution in [1.29, 1.82) is 0 Å². The fourth-order valence-corrected chi connectivity index (χ4v) is 5.28. The molecule has 4 rings (SSSR count). The molecular formula is C21H24N2. The van der Waals surface area contributed by atoms with E-state index in [2.05, 4.69) is 61.6 Å². The van der Waals surface area contributed by atoms with Crippen molar-refractivity contribution in [2.24, 2.45) is 11.3 Å². The molecule has 2 nitrogen and oxygen atoms in total. The van der Waals surface area contributed by atoms with Crippen molar-refractivity contribution in [2.45, 2.75) is 51.0 Å². The molecule has 4 atom stereocenters. The second kappa shape index (κ2) is 4.51. The van der Waals surface area contributed by atoms with Crippen LogP contribution in [0.15, 0.2) is 37.1 Å². The van der Waals surface area contributed by atoms with Gasteiger partial charge in [0.05, 0.1) is 11.3 Å². The fraction of sp³-hybridized carbons (Fsp3) is 0.476. The van der Waals surface area contributed by atoms with Crippen LogP contribution in [-0.4, -0.2) is 11.0 Å². The first-order chi connectivity index (χ1) is 10.9. The van der Waals surface area contributed by atoms with Crippen LogP contribution in [0.3, 0.4) is 0 Å². The Bertz CT molecular complexity index is 835. The Morgan fingerprint density at radius 2 is 2.13 bits per heavy atom. The van der Waals surface area contributed by atoms with Crippen molar-refractivity contribution in [3.05, 3.63) is 59.6 Å². The molecule has 0 amide bonds. The van der Waals surface area contributed by atoms with Gasteiger partial charge < -0.3 is 9.83 Å². The first-order valence-electron chi connectivity index (χ1n) is 8.54. The van der Waals surface area contributed by atoms with Crippen LogP contribution in [0.1, 0.15) is 50.7 Å². The second-order valence-electron chi connectivity index (χ2n) is 8.15. The van der Waals surface area contributed by atoms with Gasteiger partial charge in [0.15, 0.2) is 0 Å². The third-order valence-corrected chi connectivity index (χ3v) is 6.77. The van der Waals surface area contributed by atoms with Gasteiger partial charge in [-0.2, -0.15) is 0 Å². The molecule has 1 heterocycles. The summed E-state index contributed by atoms with van der Waals surface area (Å²) in [6, 6.07) is 6.57. The summed E-state index contributed by atoms with van der Waals surface area (Å²) in [5, 5.41) is 1.36. The highest BCUT2D eigenvalue weighted by Crippen LogP contribution is 2.59. The molecule has 2 aromatic rings. The Hall–Kier alpha value is -2.01. The number of aromatic nitrogens is 1. The molecule has 1 fully saturated rings. The summed E-state index contributed by atoms with van der Waals surface area (Å²) in [4.78, 5) is 7.58. The maximum atomic E-state index is 7.90. The van der Waals surface area contributed by atoms with E-state index in [-0.39, 0.29) is 16.9 Å². The third kappa shape index (κ3) is 1.68. The molecule has 2 aliphatic rings. The number of nitrogens with zero attached hydrogens (tertiary/aromatic N) is 1. The average Bonchev–Trinajstić information content (AvgIpc) is 2.97. The maximum Gasteiger partial charge on any atom is 0.239 e. The van der Waals surface area contributed by atoms with Crippen molar-refractivity contribution >= 4 is 10.9 Å². The Labute approximate surface area is 138 Å². The molecule has 1 aromatic heterocycles. The minimum Gasteiger partial charge on any atom is -0.361 e. The largest absolute Gasteiger partial charge is 0.361 e. The van der Waals surface area contributed by atoms with E-state index < -0.39 is 0 Å². The number of benzene rings is 1. The Morgan fingerprint density at radius 1 is 1.35 bits per heavy atom. The highest BCUT2D eigenvalue weighted by atomic mass is 14.8. The molecule has 0 spiro atoms. The summed E-state index contributed by atoms with van der Waals surface area (Å²) in [5.41, 5.74) is 4.02. The molecule has 0 aliphatic heterocycles. The SMILES string of the molecule is [C-]#[N+][C@@H]1[C@@H]2c3c[nH]c4cccc(c34)C(C)(C)[C@H]2CC[C@@]1(C)C=C. The molecular weight excluding hydrogens is 280 g/mol. The maximum absolute atomic E-state index is 7.90. The number of hydrogen-bond donors (Lipinski definition) is 1. The number of nitrogens with one attached hydrogen (secondary N) is 1. The van der Waals surface area contributed by atoms with Gasteiger partial charge in [0.2, 0.25) is 6.04 Å². The molecule has 0 unspecified atom stereocenters. The standard InChI is InChI=1S/C21H24N2/c1-6-21(4)11-10-15-18(19(21)22-5)13-12-23-16-9-7-8-14(17(13)16)20(15,2)3/h6-9,12,15,18-19,23H,1,10-11H2,2-4H3/t15-,18+,19+,21+/m0/s1. The van der Waals surface area contributed by atoms with E-state index in [1.165, 1.54) is 22.0 Å². The lowest BCUT2D eigenvalue weighted by atomic mass is 9.51. The summed E-state index contributed by atoms with van der Waals surface area (Å²) in [6.07, 6.45) is 6.41. The summed E-state index contributed by atoms with van der Waals surface area (Å²) >= 11 is 0. The summed E-state index contributed by atoms with van der Waals surface area (Å²) < 4.78 is 0. The molecule has 23 heavy (non-hydrogen) atoms. The van der Waals surface area contributed by atoms with Gasteiger partial charge in [-0.05, 0) is 48.3 Å². The molecule has 0 saturated heterocycles.